The van der Waals surface area contributed by atoms with Gasteiger partial charge in [-0.05, 0) is 29.8 Å². The fourth-order valence-electron chi connectivity index (χ4n) is 2.68. The Kier molecular flexibility index (Phi) is 4.06. The molecule has 4 rings (SSSR count). The number of rotatable bonds is 4. The summed E-state index contributed by atoms with van der Waals surface area (Å²) >= 11 is 6.15. The summed E-state index contributed by atoms with van der Waals surface area (Å²) in [6, 6.07) is 12.6. The van der Waals surface area contributed by atoms with E-state index in [-0.39, 0.29) is 11.6 Å². The first-order valence-corrected chi connectivity index (χ1v) is 8.25. The molecule has 8 heteroatoms. The van der Waals surface area contributed by atoms with Crippen LogP contribution in [-0.2, 0) is 6.54 Å². The van der Waals surface area contributed by atoms with Crippen LogP contribution in [0.25, 0.3) is 11.0 Å². The number of nitrogens with one attached hydrogen (secondary N) is 3. The number of fused-ring (bicyclic) bond motifs is 1. The van der Waals surface area contributed by atoms with Gasteiger partial charge in [0, 0.05) is 16.9 Å². The van der Waals surface area contributed by atoms with Gasteiger partial charge < -0.3 is 15.3 Å². The predicted octanol–water partition coefficient (Wildman–Crippen LogP) is 3.01. The van der Waals surface area contributed by atoms with Gasteiger partial charge in [-0.25, -0.2) is 4.79 Å². The van der Waals surface area contributed by atoms with Crippen molar-refractivity contribution in [1.29, 1.82) is 0 Å². The van der Waals surface area contributed by atoms with Crippen LogP contribution in [-0.4, -0.2) is 25.7 Å². The number of anilines is 1. The molecule has 0 aliphatic carbocycles. The summed E-state index contributed by atoms with van der Waals surface area (Å²) in [6.45, 7) is 0.476. The summed E-state index contributed by atoms with van der Waals surface area (Å²) < 4.78 is 1.66. The van der Waals surface area contributed by atoms with Crippen LogP contribution in [0.3, 0.4) is 0 Å². The van der Waals surface area contributed by atoms with Crippen molar-refractivity contribution in [3.8, 4) is 0 Å². The number of H-pyrrole nitrogens is 2. The minimum atomic E-state index is -0.288. The number of hydrogen-bond donors (Lipinski definition) is 3. The average molecular weight is 368 g/mol. The summed E-state index contributed by atoms with van der Waals surface area (Å²) in [6.07, 6.45) is 3.16. The van der Waals surface area contributed by atoms with Crippen molar-refractivity contribution < 1.29 is 4.79 Å². The van der Waals surface area contributed by atoms with Crippen molar-refractivity contribution in [3.63, 3.8) is 0 Å². The maximum absolute atomic E-state index is 12.4. The number of aromatic nitrogens is 4. The number of carbonyl (C=O) groups excluding carboxylic acids is 1. The first-order chi connectivity index (χ1) is 12.6. The normalized spacial score (nSPS) is 11.0. The average Bonchev–Trinajstić information content (AvgIpc) is 3.22. The first kappa shape index (κ1) is 16.2. The molecule has 0 aliphatic heterocycles. The zero-order valence-electron chi connectivity index (χ0n) is 13.5. The van der Waals surface area contributed by atoms with E-state index in [0.717, 1.165) is 5.56 Å². The summed E-state index contributed by atoms with van der Waals surface area (Å²) in [4.78, 5) is 29.0. The quantitative estimate of drug-likeness (QED) is 0.517. The number of amides is 1. The van der Waals surface area contributed by atoms with Crippen LogP contribution >= 0.6 is 11.6 Å². The first-order valence-electron chi connectivity index (χ1n) is 7.88. The summed E-state index contributed by atoms with van der Waals surface area (Å²) in [5.41, 5.74) is 2.95. The molecule has 0 atom stereocenters. The summed E-state index contributed by atoms with van der Waals surface area (Å²) in [5, 5.41) is 7.66. The van der Waals surface area contributed by atoms with Crippen LogP contribution in [0.2, 0.25) is 5.02 Å². The van der Waals surface area contributed by atoms with Crippen LogP contribution < -0.4 is 11.0 Å². The highest BCUT2D eigenvalue weighted by Gasteiger charge is 2.11. The summed E-state index contributed by atoms with van der Waals surface area (Å²) in [7, 11) is 0. The van der Waals surface area contributed by atoms with Gasteiger partial charge in [0.15, 0.2) is 0 Å². The molecule has 0 spiro atoms. The van der Waals surface area contributed by atoms with Gasteiger partial charge in [-0.3, -0.25) is 9.48 Å². The van der Waals surface area contributed by atoms with Crippen LogP contribution in [0.1, 0.15) is 15.9 Å². The molecule has 0 fully saturated rings. The van der Waals surface area contributed by atoms with Gasteiger partial charge in [0.25, 0.3) is 5.91 Å². The van der Waals surface area contributed by atoms with E-state index in [1.54, 1.807) is 29.1 Å². The van der Waals surface area contributed by atoms with E-state index in [9.17, 15) is 9.59 Å². The largest absolute Gasteiger partial charge is 0.323 e. The maximum atomic E-state index is 12.4. The zero-order chi connectivity index (χ0) is 18.1. The molecule has 0 unspecified atom stereocenters. The molecule has 2 aromatic carbocycles. The molecule has 0 aliphatic rings. The Balaban J connectivity index is 1.50. The van der Waals surface area contributed by atoms with Gasteiger partial charge in [-0.1, -0.05) is 29.8 Å². The molecule has 3 N–H and O–H groups in total. The van der Waals surface area contributed by atoms with Gasteiger partial charge in [-0.15, -0.1) is 0 Å². The lowest BCUT2D eigenvalue weighted by atomic mass is 10.2. The Morgan fingerprint density at radius 1 is 1.15 bits per heavy atom. The van der Waals surface area contributed by atoms with Crippen molar-refractivity contribution in [3.05, 3.63) is 81.5 Å². The molecule has 0 saturated heterocycles. The summed E-state index contributed by atoms with van der Waals surface area (Å²) in [5.74, 6) is -0.285. The van der Waals surface area contributed by atoms with E-state index >= 15 is 0 Å². The third-order valence-electron chi connectivity index (χ3n) is 3.96. The highest BCUT2D eigenvalue weighted by atomic mass is 35.5. The van der Waals surface area contributed by atoms with Gasteiger partial charge in [-0.2, -0.15) is 5.10 Å². The van der Waals surface area contributed by atoms with E-state index in [1.165, 1.54) is 6.20 Å². The molecule has 0 bridgehead atoms. The maximum Gasteiger partial charge on any atom is 0.323 e. The second-order valence-corrected chi connectivity index (χ2v) is 6.22. The third kappa shape index (κ3) is 3.25. The third-order valence-corrected chi connectivity index (χ3v) is 4.33. The lowest BCUT2D eigenvalue weighted by Crippen LogP contribution is -2.11. The van der Waals surface area contributed by atoms with E-state index in [2.05, 4.69) is 20.4 Å². The van der Waals surface area contributed by atoms with Gasteiger partial charge >= 0.3 is 5.69 Å². The molecule has 26 heavy (non-hydrogen) atoms. The lowest BCUT2D eigenvalue weighted by molar-refractivity contribution is 0.102. The molecule has 7 nitrogen and oxygen atoms in total. The standard InChI is InChI=1S/C18H14ClN5O2/c19-14-4-2-1-3-11(14)9-24-10-12(8-20-24)17(25)21-13-5-6-15-16(7-13)23-18(26)22-15/h1-8,10H,9H2,(H,21,25)(H2,22,23,26). The SMILES string of the molecule is O=C(Nc1ccc2[nH]c(=O)[nH]c2c1)c1cnn(Cc2ccccc2Cl)c1. The number of imidazole rings is 1. The van der Waals surface area contributed by atoms with Crippen LogP contribution in [0.15, 0.2) is 59.7 Å². The fourth-order valence-corrected chi connectivity index (χ4v) is 2.88. The molecule has 2 aromatic heterocycles. The molecule has 130 valence electrons. The molecule has 2 heterocycles. The minimum Gasteiger partial charge on any atom is -0.322 e. The molecule has 0 saturated carbocycles. The molecule has 4 aromatic rings. The van der Waals surface area contributed by atoms with Crippen molar-refractivity contribution in [2.75, 3.05) is 5.32 Å². The number of aromatic amines is 2. The van der Waals surface area contributed by atoms with E-state index in [1.807, 2.05) is 24.3 Å². The fraction of sp³-hybridized carbons (Fsp3) is 0.0556. The highest BCUT2D eigenvalue weighted by molar-refractivity contribution is 6.31. The number of nitrogens with zero attached hydrogens (tertiary/aromatic N) is 2. The van der Waals surface area contributed by atoms with E-state index in [0.29, 0.717) is 33.9 Å². The van der Waals surface area contributed by atoms with Crippen molar-refractivity contribution in [2.45, 2.75) is 6.54 Å². The van der Waals surface area contributed by atoms with E-state index < -0.39 is 0 Å². The van der Waals surface area contributed by atoms with Crippen LogP contribution in [0, 0.1) is 0 Å². The van der Waals surface area contributed by atoms with Crippen molar-refractivity contribution in [2.24, 2.45) is 0 Å². The Hall–Kier alpha value is -3.32. The monoisotopic (exact) mass is 367 g/mol. The molecular formula is C18H14ClN5O2. The van der Waals surface area contributed by atoms with Gasteiger partial charge in [0.05, 0.1) is 29.3 Å². The zero-order valence-corrected chi connectivity index (χ0v) is 14.2. The number of halogens is 1. The molecule has 0 radical (unpaired) electrons. The second kappa shape index (κ2) is 6.53. The van der Waals surface area contributed by atoms with Gasteiger partial charge in [0.2, 0.25) is 0 Å². The van der Waals surface area contributed by atoms with Crippen LogP contribution in [0.4, 0.5) is 5.69 Å². The molecule has 1 amide bonds. The molecular weight excluding hydrogens is 354 g/mol. The Morgan fingerprint density at radius 2 is 1.96 bits per heavy atom. The van der Waals surface area contributed by atoms with E-state index in [4.69, 9.17) is 11.6 Å². The Labute approximate surface area is 152 Å². The van der Waals surface area contributed by atoms with Crippen molar-refractivity contribution in [1.82, 2.24) is 19.7 Å². The Morgan fingerprint density at radius 3 is 2.81 bits per heavy atom. The second-order valence-electron chi connectivity index (χ2n) is 5.81. The minimum absolute atomic E-state index is 0.285. The predicted molar refractivity (Wildman–Crippen MR) is 99.7 cm³/mol. The van der Waals surface area contributed by atoms with Gasteiger partial charge in [0.1, 0.15) is 0 Å². The smallest absolute Gasteiger partial charge is 0.322 e. The number of hydrogen-bond acceptors (Lipinski definition) is 3. The topological polar surface area (TPSA) is 95.6 Å². The number of carbonyl (C=O) groups is 1. The highest BCUT2D eigenvalue weighted by Crippen LogP contribution is 2.17. The number of benzene rings is 2. The van der Waals surface area contributed by atoms with Crippen LogP contribution in [0.5, 0.6) is 0 Å². The van der Waals surface area contributed by atoms with Crippen molar-refractivity contribution >= 4 is 34.2 Å². The Bertz CT molecular complexity index is 1160. The lowest BCUT2D eigenvalue weighted by Gasteiger charge is -2.04.